The summed E-state index contributed by atoms with van der Waals surface area (Å²) < 4.78 is 43.6. The molecule has 1 N–H and O–H groups in total. The topological polar surface area (TPSA) is 57.2 Å². The fourth-order valence-electron chi connectivity index (χ4n) is 2.36. The van der Waals surface area contributed by atoms with Crippen LogP contribution in [0.3, 0.4) is 0 Å². The van der Waals surface area contributed by atoms with E-state index in [-0.39, 0.29) is 23.2 Å². The molecule has 1 aromatic carbocycles. The van der Waals surface area contributed by atoms with Crippen molar-refractivity contribution in [2.45, 2.75) is 13.1 Å². The second kappa shape index (κ2) is 8.59. The Morgan fingerprint density at radius 3 is 2.54 bits per heavy atom. The smallest absolute Gasteiger partial charge is 0.416 e. The fourth-order valence-corrected chi connectivity index (χ4v) is 2.52. The third-order valence-electron chi connectivity index (χ3n) is 3.84. The number of alkyl halides is 3. The quantitative estimate of drug-likeness (QED) is 0.371. The van der Waals surface area contributed by atoms with Crippen molar-refractivity contribution in [2.75, 3.05) is 45.3 Å². The third-order valence-corrected chi connectivity index (χ3v) is 4.17. The fraction of sp³-hybridized carbons (Fsp3) is 0.500. The molecule has 0 spiro atoms. The summed E-state index contributed by atoms with van der Waals surface area (Å²) in [4.78, 5) is 16.0. The van der Waals surface area contributed by atoms with Gasteiger partial charge >= 0.3 is 12.1 Å². The number of piperazine rings is 1. The highest BCUT2D eigenvalue weighted by molar-refractivity contribution is 6.35. The lowest BCUT2D eigenvalue weighted by atomic mass is 10.2. The van der Waals surface area contributed by atoms with E-state index in [9.17, 15) is 18.0 Å². The van der Waals surface area contributed by atoms with Crippen LogP contribution in [0.4, 0.5) is 18.9 Å². The van der Waals surface area contributed by atoms with E-state index >= 15 is 0 Å². The monoisotopic (exact) mass is 392 g/mol. The standard InChI is InChI=1S/C16H20ClF3N4O2/c1-3-26-15(25)14(24-8-6-23(2)7-9-24)22-21-13-10-11(16(18,19)20)4-5-12(13)17/h4-5,10,21H,3,6-9H2,1-2H3. The Kier molecular flexibility index (Phi) is 6.71. The van der Waals surface area contributed by atoms with E-state index < -0.39 is 17.7 Å². The van der Waals surface area contributed by atoms with Gasteiger partial charge in [0.05, 0.1) is 22.9 Å². The molecule has 0 unspecified atom stereocenters. The first-order valence-electron chi connectivity index (χ1n) is 8.03. The van der Waals surface area contributed by atoms with Crippen LogP contribution in [-0.2, 0) is 15.7 Å². The molecule has 0 bridgehead atoms. The lowest BCUT2D eigenvalue weighted by Gasteiger charge is -2.33. The normalized spacial score (nSPS) is 16.5. The average molecular weight is 393 g/mol. The highest BCUT2D eigenvalue weighted by Gasteiger charge is 2.31. The maximum atomic E-state index is 12.9. The van der Waals surface area contributed by atoms with Crippen molar-refractivity contribution >= 4 is 29.1 Å². The molecule has 1 fully saturated rings. The van der Waals surface area contributed by atoms with E-state index in [0.717, 1.165) is 31.3 Å². The van der Waals surface area contributed by atoms with Gasteiger partial charge in [-0.3, -0.25) is 5.43 Å². The molecule has 0 radical (unpaired) electrons. The van der Waals surface area contributed by atoms with Gasteiger partial charge in [0.2, 0.25) is 5.84 Å². The van der Waals surface area contributed by atoms with Crippen LogP contribution < -0.4 is 5.43 Å². The first-order chi connectivity index (χ1) is 12.2. The van der Waals surface area contributed by atoms with Crippen LogP contribution in [-0.4, -0.2) is 61.4 Å². The Labute approximate surface area is 154 Å². The van der Waals surface area contributed by atoms with E-state index in [1.54, 1.807) is 11.8 Å². The van der Waals surface area contributed by atoms with Crippen molar-refractivity contribution < 1.29 is 22.7 Å². The number of hydrogen-bond donors (Lipinski definition) is 1. The second-order valence-electron chi connectivity index (χ2n) is 5.75. The molecular weight excluding hydrogens is 373 g/mol. The molecule has 6 nitrogen and oxygen atoms in total. The first kappa shape index (κ1) is 20.3. The van der Waals surface area contributed by atoms with Gasteiger partial charge in [0.15, 0.2) is 0 Å². The molecule has 144 valence electrons. The lowest BCUT2D eigenvalue weighted by Crippen LogP contribution is -2.50. The summed E-state index contributed by atoms with van der Waals surface area (Å²) in [5, 5.41) is 4.05. The van der Waals surface area contributed by atoms with Gasteiger partial charge in [0.25, 0.3) is 0 Å². The molecule has 1 aliphatic heterocycles. The molecule has 0 aromatic heterocycles. The highest BCUT2D eigenvalue weighted by atomic mass is 35.5. The lowest BCUT2D eigenvalue weighted by molar-refractivity contribution is -0.138. The number of carbonyl (C=O) groups excluding carboxylic acids is 1. The molecule has 1 aliphatic rings. The number of rotatable bonds is 3. The van der Waals surface area contributed by atoms with Gasteiger partial charge in [-0.15, -0.1) is 5.10 Å². The van der Waals surface area contributed by atoms with Crippen LogP contribution in [0.25, 0.3) is 0 Å². The Balaban J connectivity index is 2.25. The highest BCUT2D eigenvalue weighted by Crippen LogP contribution is 2.33. The summed E-state index contributed by atoms with van der Waals surface area (Å²) in [6.45, 7) is 4.37. The van der Waals surface area contributed by atoms with Crippen molar-refractivity contribution in [3.8, 4) is 0 Å². The van der Waals surface area contributed by atoms with Crippen molar-refractivity contribution in [1.82, 2.24) is 9.80 Å². The van der Waals surface area contributed by atoms with Crippen molar-refractivity contribution in [2.24, 2.45) is 5.10 Å². The molecular formula is C16H20ClF3N4O2. The summed E-state index contributed by atoms with van der Waals surface area (Å²) in [6, 6.07) is 2.85. The van der Waals surface area contributed by atoms with Crippen molar-refractivity contribution in [3.63, 3.8) is 0 Å². The van der Waals surface area contributed by atoms with Crippen LogP contribution in [0.15, 0.2) is 23.3 Å². The summed E-state index contributed by atoms with van der Waals surface area (Å²) in [5.41, 5.74) is 1.57. The van der Waals surface area contributed by atoms with Gasteiger partial charge < -0.3 is 14.5 Å². The van der Waals surface area contributed by atoms with Gasteiger partial charge in [0, 0.05) is 26.2 Å². The predicted molar refractivity (Wildman–Crippen MR) is 93.2 cm³/mol. The largest absolute Gasteiger partial charge is 0.460 e. The Morgan fingerprint density at radius 1 is 1.31 bits per heavy atom. The molecule has 0 aliphatic carbocycles. The number of benzene rings is 1. The number of amidine groups is 1. The van der Waals surface area contributed by atoms with Crippen LogP contribution in [0, 0.1) is 0 Å². The number of anilines is 1. The Bertz CT molecular complexity index is 674. The van der Waals surface area contributed by atoms with Crippen molar-refractivity contribution in [1.29, 1.82) is 0 Å². The molecule has 0 atom stereocenters. The van der Waals surface area contributed by atoms with Crippen molar-refractivity contribution in [3.05, 3.63) is 28.8 Å². The summed E-state index contributed by atoms with van der Waals surface area (Å²) in [5.74, 6) is -0.638. The van der Waals surface area contributed by atoms with Crippen LogP contribution >= 0.6 is 11.6 Å². The number of esters is 1. The van der Waals surface area contributed by atoms with E-state index in [4.69, 9.17) is 16.3 Å². The number of halogens is 4. The van der Waals surface area contributed by atoms with E-state index in [1.165, 1.54) is 0 Å². The average Bonchev–Trinajstić information content (AvgIpc) is 2.57. The minimum Gasteiger partial charge on any atom is -0.460 e. The van der Waals surface area contributed by atoms with Crippen LogP contribution in [0.2, 0.25) is 5.02 Å². The minimum absolute atomic E-state index is 0.00780. The summed E-state index contributed by atoms with van der Waals surface area (Å²) >= 11 is 5.94. The van der Waals surface area contributed by atoms with Crippen LogP contribution in [0.5, 0.6) is 0 Å². The van der Waals surface area contributed by atoms with Gasteiger partial charge in [-0.1, -0.05) is 11.6 Å². The number of hydrogen-bond acceptors (Lipinski definition) is 5. The van der Waals surface area contributed by atoms with E-state index in [0.29, 0.717) is 13.1 Å². The van der Waals surface area contributed by atoms with Gasteiger partial charge in [-0.2, -0.15) is 13.2 Å². The van der Waals surface area contributed by atoms with Gasteiger partial charge in [-0.05, 0) is 32.2 Å². The second-order valence-corrected chi connectivity index (χ2v) is 6.16. The minimum atomic E-state index is -4.51. The molecule has 0 saturated carbocycles. The molecule has 1 saturated heterocycles. The molecule has 10 heteroatoms. The third kappa shape index (κ3) is 5.25. The first-order valence-corrected chi connectivity index (χ1v) is 8.41. The van der Waals surface area contributed by atoms with E-state index in [2.05, 4.69) is 15.4 Å². The molecule has 1 heterocycles. The Morgan fingerprint density at radius 2 is 1.96 bits per heavy atom. The summed E-state index contributed by atoms with van der Waals surface area (Å²) in [6.07, 6.45) is -4.51. The SMILES string of the molecule is CCOC(=O)C(=NNc1cc(C(F)(F)F)ccc1Cl)N1CCN(C)CC1. The number of likely N-dealkylation sites (N-methyl/N-ethyl adjacent to an activating group) is 1. The molecule has 2 rings (SSSR count). The zero-order valence-corrected chi connectivity index (χ0v) is 15.2. The number of ether oxygens (including phenoxy) is 1. The maximum absolute atomic E-state index is 12.9. The van der Waals surface area contributed by atoms with Gasteiger partial charge in [0.1, 0.15) is 0 Å². The summed E-state index contributed by atoms with van der Waals surface area (Å²) in [7, 11) is 1.96. The molecule has 0 amide bonds. The zero-order chi connectivity index (χ0) is 19.3. The maximum Gasteiger partial charge on any atom is 0.416 e. The van der Waals surface area contributed by atoms with Gasteiger partial charge in [-0.25, -0.2) is 4.79 Å². The number of nitrogens with zero attached hydrogens (tertiary/aromatic N) is 3. The zero-order valence-electron chi connectivity index (χ0n) is 14.4. The van der Waals surface area contributed by atoms with Crippen LogP contribution in [0.1, 0.15) is 12.5 Å². The van der Waals surface area contributed by atoms with E-state index in [1.807, 2.05) is 7.05 Å². The number of nitrogens with one attached hydrogen (secondary N) is 1. The number of hydrazone groups is 1. The Hall–Kier alpha value is -2.00. The molecule has 26 heavy (non-hydrogen) atoms. The predicted octanol–water partition coefficient (Wildman–Crippen LogP) is 2.89. The molecule has 1 aromatic rings. The number of carbonyl (C=O) groups is 1.